The molecular formula is C16H34FN. The van der Waals surface area contributed by atoms with Gasteiger partial charge >= 0.3 is 0 Å². The molecule has 1 saturated heterocycles. The Labute approximate surface area is 114 Å². The van der Waals surface area contributed by atoms with Gasteiger partial charge in [0, 0.05) is 5.92 Å². The molecule has 0 aromatic rings. The summed E-state index contributed by atoms with van der Waals surface area (Å²) >= 11 is 0. The molecule has 1 rings (SSSR count). The molecule has 0 aliphatic carbocycles. The second-order valence-corrected chi connectivity index (χ2v) is 6.02. The molecule has 2 atom stereocenters. The molecule has 2 heteroatoms. The molecule has 18 heavy (non-hydrogen) atoms. The van der Waals surface area contributed by atoms with E-state index in [1.165, 1.54) is 83.8 Å². The first-order chi connectivity index (χ1) is 8.36. The van der Waals surface area contributed by atoms with Gasteiger partial charge in [-0.3, -0.25) is 0 Å². The molecule has 1 heterocycles. The van der Waals surface area contributed by atoms with Gasteiger partial charge in [-0.05, 0) is 32.1 Å². The van der Waals surface area contributed by atoms with Crippen LogP contribution in [0, 0.1) is 5.92 Å². The van der Waals surface area contributed by atoms with E-state index in [0.29, 0.717) is 0 Å². The highest BCUT2D eigenvalue weighted by Crippen LogP contribution is 2.15. The van der Waals surface area contributed by atoms with E-state index < -0.39 is 0 Å². The summed E-state index contributed by atoms with van der Waals surface area (Å²) in [4.78, 5) is 1.91. The van der Waals surface area contributed by atoms with E-state index in [4.69, 9.17) is 0 Å². The molecule has 0 radical (unpaired) electrons. The Balaban J connectivity index is 0.00000289. The zero-order valence-corrected chi connectivity index (χ0v) is 12.6. The zero-order chi connectivity index (χ0) is 12.3. The Kier molecular flexibility index (Phi) is 11.9. The van der Waals surface area contributed by atoms with E-state index in [1.807, 2.05) is 4.90 Å². The van der Waals surface area contributed by atoms with Crippen molar-refractivity contribution in [3.63, 3.8) is 0 Å². The topological polar surface area (TPSA) is 4.44 Å². The predicted molar refractivity (Wildman–Crippen MR) is 76.6 cm³/mol. The number of rotatable bonds is 9. The lowest BCUT2D eigenvalue weighted by Gasteiger charge is -2.30. The number of piperidine rings is 1. The number of halogens is 1. The summed E-state index contributed by atoms with van der Waals surface area (Å²) in [6, 6.07) is 0. The van der Waals surface area contributed by atoms with E-state index in [0.717, 1.165) is 5.92 Å². The van der Waals surface area contributed by atoms with E-state index in [2.05, 4.69) is 13.8 Å². The van der Waals surface area contributed by atoms with Crippen LogP contribution >= 0.6 is 0 Å². The number of unbranched alkanes of at least 4 members (excludes halogenated alkanes) is 5. The van der Waals surface area contributed by atoms with Gasteiger partial charge < -0.3 is 9.60 Å². The number of quaternary nitrogens is 1. The minimum Gasteiger partial charge on any atom is -1.00 e. The number of nitrogens with one attached hydrogen (secondary N) is 1. The second kappa shape index (κ2) is 12.0. The van der Waals surface area contributed by atoms with Crippen molar-refractivity contribution in [2.45, 2.75) is 78.1 Å². The Morgan fingerprint density at radius 3 is 2.39 bits per heavy atom. The highest BCUT2D eigenvalue weighted by Gasteiger charge is 2.21. The van der Waals surface area contributed by atoms with E-state index in [1.54, 1.807) is 0 Å². The van der Waals surface area contributed by atoms with Crippen LogP contribution in [-0.2, 0) is 0 Å². The molecule has 1 nitrogen and oxygen atoms in total. The van der Waals surface area contributed by atoms with Crippen molar-refractivity contribution in [2.24, 2.45) is 5.92 Å². The molecule has 0 bridgehead atoms. The standard InChI is InChI=1S/C16H33N.FH/c1-3-5-7-8-9-13-17-14-10-12-16(15-17)11-6-4-2;/h16H,3-15H2,1-2H3;1H. The van der Waals surface area contributed by atoms with Crippen LogP contribution in [0.2, 0.25) is 0 Å². The number of likely N-dealkylation sites (tertiary alicyclic amines) is 1. The summed E-state index contributed by atoms with van der Waals surface area (Å²) in [7, 11) is 0. The zero-order valence-electron chi connectivity index (χ0n) is 12.6. The molecule has 1 aliphatic heterocycles. The van der Waals surface area contributed by atoms with Crippen molar-refractivity contribution in [3.05, 3.63) is 0 Å². The number of hydrogen-bond donors (Lipinski definition) is 1. The molecule has 1 aliphatic rings. The van der Waals surface area contributed by atoms with E-state index in [-0.39, 0.29) is 4.70 Å². The summed E-state index contributed by atoms with van der Waals surface area (Å²) in [6.07, 6.45) is 14.5. The quantitative estimate of drug-likeness (QED) is 0.573. The fourth-order valence-corrected chi connectivity index (χ4v) is 3.20. The summed E-state index contributed by atoms with van der Waals surface area (Å²) in [5.74, 6) is 1.05. The van der Waals surface area contributed by atoms with Gasteiger partial charge in [0.05, 0.1) is 19.6 Å². The molecule has 0 saturated carbocycles. The molecule has 0 aromatic heterocycles. The van der Waals surface area contributed by atoms with E-state index in [9.17, 15) is 0 Å². The summed E-state index contributed by atoms with van der Waals surface area (Å²) < 4.78 is 0. The first-order valence-corrected chi connectivity index (χ1v) is 8.20. The normalized spacial score (nSPS) is 23.7. The number of hydrogen-bond acceptors (Lipinski definition) is 0. The molecule has 2 unspecified atom stereocenters. The lowest BCUT2D eigenvalue weighted by molar-refractivity contribution is -0.909. The largest absolute Gasteiger partial charge is 1.00 e. The highest BCUT2D eigenvalue weighted by molar-refractivity contribution is 4.61. The predicted octanol–water partition coefficient (Wildman–Crippen LogP) is 0.446. The lowest BCUT2D eigenvalue weighted by Crippen LogP contribution is -3.13. The van der Waals surface area contributed by atoms with Crippen LogP contribution in [0.1, 0.15) is 78.1 Å². The van der Waals surface area contributed by atoms with Crippen molar-refractivity contribution in [1.82, 2.24) is 0 Å². The maximum absolute atomic E-state index is 2.32. The summed E-state index contributed by atoms with van der Waals surface area (Å²) in [5, 5.41) is 0. The van der Waals surface area contributed by atoms with Crippen LogP contribution in [0.3, 0.4) is 0 Å². The summed E-state index contributed by atoms with van der Waals surface area (Å²) in [5.41, 5.74) is 0. The molecule has 0 spiro atoms. The van der Waals surface area contributed by atoms with Gasteiger partial charge in [-0.1, -0.05) is 46.0 Å². The van der Waals surface area contributed by atoms with Crippen molar-refractivity contribution < 1.29 is 9.60 Å². The van der Waals surface area contributed by atoms with Crippen LogP contribution in [-0.4, -0.2) is 19.6 Å². The van der Waals surface area contributed by atoms with Crippen molar-refractivity contribution in [3.8, 4) is 0 Å². The minimum absolute atomic E-state index is 0. The molecule has 1 N–H and O–H groups in total. The van der Waals surface area contributed by atoms with Gasteiger partial charge in [-0.15, -0.1) is 0 Å². The third-order valence-corrected chi connectivity index (χ3v) is 4.32. The van der Waals surface area contributed by atoms with Gasteiger partial charge in [0.25, 0.3) is 0 Å². The first kappa shape index (κ1) is 17.9. The third-order valence-electron chi connectivity index (χ3n) is 4.32. The Hall–Kier alpha value is -0.110. The Bertz CT molecular complexity index is 172. The van der Waals surface area contributed by atoms with Crippen molar-refractivity contribution in [2.75, 3.05) is 19.6 Å². The smallest absolute Gasteiger partial charge is 0.0799 e. The Morgan fingerprint density at radius 2 is 1.67 bits per heavy atom. The second-order valence-electron chi connectivity index (χ2n) is 6.02. The van der Waals surface area contributed by atoms with Crippen LogP contribution in [0.15, 0.2) is 0 Å². The lowest BCUT2D eigenvalue weighted by atomic mass is 9.93. The third kappa shape index (κ3) is 8.07. The molecule has 1 fully saturated rings. The van der Waals surface area contributed by atoms with Crippen LogP contribution in [0.5, 0.6) is 0 Å². The van der Waals surface area contributed by atoms with Gasteiger partial charge in [-0.25, -0.2) is 0 Å². The average molecular weight is 259 g/mol. The van der Waals surface area contributed by atoms with Gasteiger partial charge in [0.1, 0.15) is 0 Å². The van der Waals surface area contributed by atoms with Gasteiger partial charge in [-0.2, -0.15) is 0 Å². The van der Waals surface area contributed by atoms with E-state index >= 15 is 0 Å². The SMILES string of the molecule is CCCCCCC[NH+]1CCCC(CCCC)C1.[F-]. The maximum atomic E-state index is 2.32. The molecule has 0 amide bonds. The van der Waals surface area contributed by atoms with Gasteiger partial charge in [0.2, 0.25) is 0 Å². The van der Waals surface area contributed by atoms with Crippen LogP contribution < -0.4 is 9.60 Å². The minimum atomic E-state index is 0. The Morgan fingerprint density at radius 1 is 0.944 bits per heavy atom. The maximum Gasteiger partial charge on any atom is 0.0799 e. The first-order valence-electron chi connectivity index (χ1n) is 8.20. The highest BCUT2D eigenvalue weighted by atomic mass is 19.0. The molecule has 110 valence electrons. The molecular weight excluding hydrogens is 225 g/mol. The van der Waals surface area contributed by atoms with Crippen LogP contribution in [0.4, 0.5) is 0 Å². The molecule has 0 aromatic carbocycles. The van der Waals surface area contributed by atoms with Crippen LogP contribution in [0.25, 0.3) is 0 Å². The summed E-state index contributed by atoms with van der Waals surface area (Å²) in [6.45, 7) is 9.01. The fourth-order valence-electron chi connectivity index (χ4n) is 3.20. The monoisotopic (exact) mass is 259 g/mol. The van der Waals surface area contributed by atoms with Gasteiger partial charge in [0.15, 0.2) is 0 Å². The average Bonchev–Trinajstić information content (AvgIpc) is 2.37. The fraction of sp³-hybridized carbons (Fsp3) is 1.00. The van der Waals surface area contributed by atoms with Crippen molar-refractivity contribution >= 4 is 0 Å². The van der Waals surface area contributed by atoms with Crippen molar-refractivity contribution in [1.29, 1.82) is 0 Å².